The summed E-state index contributed by atoms with van der Waals surface area (Å²) < 4.78 is 39.4. The zero-order chi connectivity index (χ0) is 26.3. The van der Waals surface area contributed by atoms with Crippen LogP contribution in [0.2, 0.25) is 0 Å². The Labute approximate surface area is 218 Å². The van der Waals surface area contributed by atoms with Gasteiger partial charge in [0, 0.05) is 25.7 Å². The van der Waals surface area contributed by atoms with Gasteiger partial charge in [0.1, 0.15) is 12.4 Å². The molecule has 0 atom stereocenters. The van der Waals surface area contributed by atoms with E-state index in [1.807, 2.05) is 18.7 Å². The van der Waals surface area contributed by atoms with Gasteiger partial charge in [0.15, 0.2) is 0 Å². The summed E-state index contributed by atoms with van der Waals surface area (Å²) in [6, 6.07) is 3.24. The fraction of sp³-hybridized carbons (Fsp3) is 0.741. The fourth-order valence-electron chi connectivity index (χ4n) is 5.46. The molecule has 0 N–H and O–H groups in total. The summed E-state index contributed by atoms with van der Waals surface area (Å²) in [5.74, 6) is 1.33. The molecule has 0 bridgehead atoms. The summed E-state index contributed by atoms with van der Waals surface area (Å²) in [6.07, 6.45) is 5.99. The lowest BCUT2D eigenvalue weighted by molar-refractivity contribution is -0.137. The predicted octanol–water partition coefficient (Wildman–Crippen LogP) is 3.45. The lowest BCUT2D eigenvalue weighted by Crippen LogP contribution is -2.42. The number of likely N-dealkylation sites (tertiary alicyclic amines) is 2. The monoisotopic (exact) mass is 523 g/mol. The van der Waals surface area contributed by atoms with Crippen molar-refractivity contribution in [2.24, 2.45) is 5.92 Å². The molecular weight excluding hydrogens is 478 g/mol. The average molecular weight is 524 g/mol. The zero-order valence-electron chi connectivity index (χ0n) is 22.8. The largest absolute Gasteiger partial charge is 0.497 e. The van der Waals surface area contributed by atoms with Crippen molar-refractivity contribution in [3.63, 3.8) is 0 Å². The number of methoxy groups -OCH3 is 1. The van der Waals surface area contributed by atoms with Crippen molar-refractivity contribution < 1.29 is 22.7 Å². The molecule has 2 saturated heterocycles. The van der Waals surface area contributed by atoms with Crippen LogP contribution < -0.4 is 4.74 Å². The van der Waals surface area contributed by atoms with Crippen LogP contribution in [0.5, 0.6) is 5.75 Å². The minimum Gasteiger partial charge on any atom is -0.497 e. The molecule has 9 heteroatoms. The Morgan fingerprint density at radius 1 is 1.08 bits per heavy atom. The Morgan fingerprint density at radius 3 is 2.25 bits per heavy atom. The van der Waals surface area contributed by atoms with Crippen LogP contribution in [0.15, 0.2) is 17.0 Å². The van der Waals surface area contributed by atoms with E-state index >= 15 is 0 Å². The molecule has 1 amide bonds. The second-order valence-electron chi connectivity index (χ2n) is 10.5. The van der Waals surface area contributed by atoms with Crippen LogP contribution >= 0.6 is 0 Å². The lowest BCUT2D eigenvalue weighted by atomic mass is 9.93. The first-order valence-electron chi connectivity index (χ1n) is 13.4. The molecule has 1 aromatic rings. The fourth-order valence-corrected chi connectivity index (χ4v) is 7.49. The Kier molecular flexibility index (Phi) is 10.6. The van der Waals surface area contributed by atoms with E-state index in [1.54, 1.807) is 33.1 Å². The number of sulfonamides is 1. The second kappa shape index (κ2) is 13.2. The standard InChI is InChI=1S/C27H45N3O5S/c1-21(2)30(36(32,33)27-22(3)18-25(34-5)19-23(27)4)16-17-35-20-26(31)29-14-9-24(10-15-29)8-13-28-11-6-7-12-28/h18-19,21,24H,6-17,20H2,1-5H3. The third-order valence-electron chi connectivity index (χ3n) is 7.51. The first-order valence-corrected chi connectivity index (χ1v) is 14.8. The minimum atomic E-state index is -3.73. The van der Waals surface area contributed by atoms with Crippen molar-refractivity contribution >= 4 is 15.9 Å². The highest BCUT2D eigenvalue weighted by molar-refractivity contribution is 7.89. The molecule has 204 valence electrons. The SMILES string of the molecule is COc1cc(C)c(S(=O)(=O)N(CCOCC(=O)N2CCC(CCN3CCCC3)CC2)C(C)C)c(C)c1. The lowest BCUT2D eigenvalue weighted by Gasteiger charge is -2.33. The molecule has 2 fully saturated rings. The maximum atomic E-state index is 13.5. The van der Waals surface area contributed by atoms with Gasteiger partial charge in [-0.2, -0.15) is 4.31 Å². The second-order valence-corrected chi connectivity index (χ2v) is 12.3. The number of carbonyl (C=O) groups excluding carboxylic acids is 1. The number of piperidine rings is 1. The van der Waals surface area contributed by atoms with Gasteiger partial charge < -0.3 is 19.3 Å². The van der Waals surface area contributed by atoms with Crippen LogP contribution in [0.1, 0.15) is 57.1 Å². The number of benzene rings is 1. The van der Waals surface area contributed by atoms with E-state index in [-0.39, 0.29) is 31.7 Å². The third-order valence-corrected chi connectivity index (χ3v) is 9.89. The smallest absolute Gasteiger partial charge is 0.248 e. The van der Waals surface area contributed by atoms with Crippen LogP contribution in [0.3, 0.4) is 0 Å². The van der Waals surface area contributed by atoms with Crippen molar-refractivity contribution in [2.45, 2.75) is 70.7 Å². The molecule has 0 aromatic heterocycles. The van der Waals surface area contributed by atoms with E-state index in [2.05, 4.69) is 4.90 Å². The first-order chi connectivity index (χ1) is 17.1. The summed E-state index contributed by atoms with van der Waals surface area (Å²) in [5, 5.41) is 0. The number of rotatable bonds is 12. The molecule has 0 radical (unpaired) electrons. The van der Waals surface area contributed by atoms with Crippen LogP contribution in [0, 0.1) is 19.8 Å². The number of ether oxygens (including phenoxy) is 2. The summed E-state index contributed by atoms with van der Waals surface area (Å²) in [5.41, 5.74) is 1.30. The molecule has 0 unspecified atom stereocenters. The average Bonchev–Trinajstić information content (AvgIpc) is 3.35. The van der Waals surface area contributed by atoms with Gasteiger partial charge in [-0.1, -0.05) is 0 Å². The Hall–Kier alpha value is -1.68. The summed E-state index contributed by atoms with van der Waals surface area (Å²) in [4.78, 5) is 17.4. The van der Waals surface area contributed by atoms with Gasteiger partial charge in [-0.3, -0.25) is 4.79 Å². The van der Waals surface area contributed by atoms with Crippen molar-refractivity contribution in [2.75, 3.05) is 59.6 Å². The molecule has 2 heterocycles. The number of hydrogen-bond donors (Lipinski definition) is 0. The highest BCUT2D eigenvalue weighted by Crippen LogP contribution is 2.29. The van der Waals surface area contributed by atoms with E-state index in [0.717, 1.165) is 25.9 Å². The molecule has 0 saturated carbocycles. The van der Waals surface area contributed by atoms with Crippen LogP contribution in [0.25, 0.3) is 0 Å². The zero-order valence-corrected chi connectivity index (χ0v) is 23.6. The van der Waals surface area contributed by atoms with E-state index in [9.17, 15) is 13.2 Å². The van der Waals surface area contributed by atoms with Gasteiger partial charge in [0.25, 0.3) is 0 Å². The maximum Gasteiger partial charge on any atom is 0.248 e. The predicted molar refractivity (Wildman–Crippen MR) is 142 cm³/mol. The minimum absolute atomic E-state index is 0.00575. The Bertz CT molecular complexity index is 945. The van der Waals surface area contributed by atoms with E-state index in [0.29, 0.717) is 27.7 Å². The first kappa shape index (κ1) is 28.9. The van der Waals surface area contributed by atoms with Crippen molar-refractivity contribution in [1.82, 2.24) is 14.1 Å². The summed E-state index contributed by atoms with van der Waals surface area (Å²) >= 11 is 0. The molecule has 8 nitrogen and oxygen atoms in total. The molecule has 36 heavy (non-hydrogen) atoms. The van der Waals surface area contributed by atoms with Crippen molar-refractivity contribution in [3.8, 4) is 5.75 Å². The molecule has 0 spiro atoms. The van der Waals surface area contributed by atoms with E-state index in [1.165, 1.54) is 43.2 Å². The number of aryl methyl sites for hydroxylation is 2. The van der Waals surface area contributed by atoms with Gasteiger partial charge in [0.2, 0.25) is 15.9 Å². The normalized spacial score (nSPS) is 17.9. The van der Waals surface area contributed by atoms with E-state index in [4.69, 9.17) is 9.47 Å². The van der Waals surface area contributed by atoms with Crippen LogP contribution in [0.4, 0.5) is 0 Å². The quantitative estimate of drug-likeness (QED) is 0.391. The molecule has 2 aliphatic rings. The van der Waals surface area contributed by atoms with Crippen molar-refractivity contribution in [3.05, 3.63) is 23.3 Å². The topological polar surface area (TPSA) is 79.4 Å². The number of nitrogens with zero attached hydrogens (tertiary/aromatic N) is 3. The van der Waals surface area contributed by atoms with Gasteiger partial charge in [-0.15, -0.1) is 0 Å². The van der Waals surface area contributed by atoms with E-state index < -0.39 is 10.0 Å². The summed E-state index contributed by atoms with van der Waals surface area (Å²) in [6.45, 7) is 12.9. The molecule has 3 rings (SSSR count). The molecule has 1 aromatic carbocycles. The van der Waals surface area contributed by atoms with Gasteiger partial charge >= 0.3 is 0 Å². The molecule has 0 aliphatic carbocycles. The molecular formula is C27H45N3O5S. The Morgan fingerprint density at radius 2 is 1.69 bits per heavy atom. The van der Waals surface area contributed by atoms with Gasteiger partial charge in [0.05, 0.1) is 18.6 Å². The highest BCUT2D eigenvalue weighted by atomic mass is 32.2. The number of hydrogen-bond acceptors (Lipinski definition) is 6. The number of amides is 1. The van der Waals surface area contributed by atoms with Crippen LogP contribution in [-0.4, -0.2) is 94.1 Å². The maximum absolute atomic E-state index is 13.5. The van der Waals surface area contributed by atoms with Crippen molar-refractivity contribution in [1.29, 1.82) is 0 Å². The summed E-state index contributed by atoms with van der Waals surface area (Å²) in [7, 11) is -2.16. The van der Waals surface area contributed by atoms with Crippen LogP contribution in [-0.2, 0) is 19.6 Å². The highest BCUT2D eigenvalue weighted by Gasteiger charge is 2.30. The number of carbonyl (C=O) groups is 1. The third kappa shape index (κ3) is 7.43. The van der Waals surface area contributed by atoms with Gasteiger partial charge in [-0.25, -0.2) is 8.42 Å². The Balaban J connectivity index is 1.45. The molecule has 2 aliphatic heterocycles. The van der Waals surface area contributed by atoms with Gasteiger partial charge in [-0.05, 0) is 109 Å².